The normalized spacial score (nSPS) is 19.8. The van der Waals surface area contributed by atoms with Gasteiger partial charge in [0.2, 0.25) is 11.9 Å². The molecule has 1 fully saturated rings. The molecule has 0 bridgehead atoms. The Hall–Kier alpha value is -1.56. The minimum atomic E-state index is -0.949. The van der Waals surface area contributed by atoms with Crippen LogP contribution in [0.2, 0.25) is 0 Å². The van der Waals surface area contributed by atoms with Gasteiger partial charge in [-0.3, -0.25) is 4.79 Å². The van der Waals surface area contributed by atoms with Crippen LogP contribution in [0.5, 0.6) is 0 Å². The number of halogens is 2. The molecule has 1 saturated heterocycles. The predicted octanol–water partition coefficient (Wildman–Crippen LogP) is 1.05. The van der Waals surface area contributed by atoms with Gasteiger partial charge in [-0.2, -0.15) is 4.39 Å². The number of nitrogens with zero attached hydrogens (tertiary/aromatic N) is 1. The molecule has 6 heteroatoms. The van der Waals surface area contributed by atoms with Crippen molar-refractivity contribution in [1.29, 1.82) is 0 Å². The molecule has 1 aromatic rings. The highest BCUT2D eigenvalue weighted by Gasteiger charge is 2.22. The molecule has 1 amide bonds. The first-order chi connectivity index (χ1) is 7.65. The molecule has 2 heterocycles. The molecule has 1 atom stereocenters. The van der Waals surface area contributed by atoms with Crippen molar-refractivity contribution in [3.05, 3.63) is 23.9 Å². The zero-order chi connectivity index (χ0) is 11.5. The first kappa shape index (κ1) is 10.9. The number of pyridine rings is 1. The molecule has 86 valence electrons. The molecular weight excluding hydrogens is 216 g/mol. The Balaban J connectivity index is 2.05. The fraction of sp³-hybridized carbons (Fsp3) is 0.400. The van der Waals surface area contributed by atoms with Crippen LogP contribution in [-0.4, -0.2) is 23.5 Å². The number of hydrogen-bond acceptors (Lipinski definition) is 3. The lowest BCUT2D eigenvalue weighted by Crippen LogP contribution is -2.35. The summed E-state index contributed by atoms with van der Waals surface area (Å²) in [5.74, 6) is -2.12. The van der Waals surface area contributed by atoms with E-state index in [0.29, 0.717) is 6.07 Å². The van der Waals surface area contributed by atoms with Crippen molar-refractivity contribution in [3.63, 3.8) is 0 Å². The molecule has 1 aliphatic rings. The van der Waals surface area contributed by atoms with Crippen LogP contribution in [0.15, 0.2) is 12.1 Å². The van der Waals surface area contributed by atoms with E-state index in [4.69, 9.17) is 0 Å². The summed E-state index contributed by atoms with van der Waals surface area (Å²) in [6.07, 6.45) is 1.65. The van der Waals surface area contributed by atoms with Gasteiger partial charge in [0.05, 0.1) is 6.04 Å². The van der Waals surface area contributed by atoms with Gasteiger partial charge in [-0.15, -0.1) is 0 Å². The fourth-order valence-electron chi connectivity index (χ4n) is 1.65. The second-order valence-corrected chi connectivity index (χ2v) is 3.63. The molecule has 4 nitrogen and oxygen atoms in total. The van der Waals surface area contributed by atoms with Crippen molar-refractivity contribution >= 4 is 11.7 Å². The van der Waals surface area contributed by atoms with Gasteiger partial charge in [-0.05, 0) is 19.4 Å². The third-order valence-electron chi connectivity index (χ3n) is 2.39. The molecule has 0 radical (unpaired) electrons. The summed E-state index contributed by atoms with van der Waals surface area (Å²) in [7, 11) is 0. The van der Waals surface area contributed by atoms with Gasteiger partial charge in [0, 0.05) is 12.1 Å². The Morgan fingerprint density at radius 3 is 2.94 bits per heavy atom. The van der Waals surface area contributed by atoms with E-state index < -0.39 is 11.8 Å². The summed E-state index contributed by atoms with van der Waals surface area (Å²) in [5.41, 5.74) is 0. The Morgan fingerprint density at radius 2 is 2.31 bits per heavy atom. The van der Waals surface area contributed by atoms with Gasteiger partial charge < -0.3 is 10.6 Å². The number of anilines is 1. The third kappa shape index (κ3) is 2.52. The standard InChI is InChI=1S/C10H11F2N3O/c11-6-4-8(12)14-9(5-6)15-10(16)7-2-1-3-13-7/h4-5,7,13H,1-3H2,(H,14,15,16). The highest BCUT2D eigenvalue weighted by atomic mass is 19.1. The van der Waals surface area contributed by atoms with E-state index in [0.717, 1.165) is 25.5 Å². The van der Waals surface area contributed by atoms with E-state index in [9.17, 15) is 13.6 Å². The van der Waals surface area contributed by atoms with Crippen molar-refractivity contribution in [2.75, 3.05) is 11.9 Å². The molecule has 1 aliphatic heterocycles. The molecule has 0 saturated carbocycles. The first-order valence-electron chi connectivity index (χ1n) is 5.02. The van der Waals surface area contributed by atoms with Crippen molar-refractivity contribution in [2.45, 2.75) is 18.9 Å². The Labute approximate surface area is 91.1 Å². The smallest absolute Gasteiger partial charge is 0.242 e. The van der Waals surface area contributed by atoms with E-state index in [-0.39, 0.29) is 17.8 Å². The lowest BCUT2D eigenvalue weighted by Gasteiger charge is -2.10. The number of rotatable bonds is 2. The highest BCUT2D eigenvalue weighted by Crippen LogP contribution is 2.11. The van der Waals surface area contributed by atoms with Gasteiger partial charge in [0.25, 0.3) is 0 Å². The maximum absolute atomic E-state index is 12.8. The second kappa shape index (κ2) is 4.52. The summed E-state index contributed by atoms with van der Waals surface area (Å²) in [6.45, 7) is 0.781. The lowest BCUT2D eigenvalue weighted by atomic mass is 10.2. The van der Waals surface area contributed by atoms with Gasteiger partial charge in [0.1, 0.15) is 11.6 Å². The summed E-state index contributed by atoms with van der Waals surface area (Å²) in [4.78, 5) is 15.0. The van der Waals surface area contributed by atoms with Crippen LogP contribution >= 0.6 is 0 Å². The number of hydrogen-bond donors (Lipinski definition) is 2. The number of carbonyl (C=O) groups is 1. The zero-order valence-corrected chi connectivity index (χ0v) is 8.46. The van der Waals surface area contributed by atoms with Crippen molar-refractivity contribution < 1.29 is 13.6 Å². The van der Waals surface area contributed by atoms with Gasteiger partial charge in [0.15, 0.2) is 0 Å². The van der Waals surface area contributed by atoms with Crippen LogP contribution in [0, 0.1) is 11.8 Å². The number of nitrogens with one attached hydrogen (secondary N) is 2. The van der Waals surface area contributed by atoms with Gasteiger partial charge in [-0.25, -0.2) is 9.37 Å². The topological polar surface area (TPSA) is 54.0 Å². The zero-order valence-electron chi connectivity index (χ0n) is 8.46. The molecule has 0 spiro atoms. The van der Waals surface area contributed by atoms with E-state index in [1.165, 1.54) is 0 Å². The van der Waals surface area contributed by atoms with Crippen LogP contribution in [0.4, 0.5) is 14.6 Å². The summed E-state index contributed by atoms with van der Waals surface area (Å²) in [5, 5.41) is 5.35. The largest absolute Gasteiger partial charge is 0.309 e. The first-order valence-corrected chi connectivity index (χ1v) is 5.02. The Morgan fingerprint density at radius 1 is 1.50 bits per heavy atom. The SMILES string of the molecule is O=C(Nc1cc(F)cc(F)n1)C1CCCN1. The summed E-state index contributed by atoms with van der Waals surface area (Å²) in [6, 6.07) is 1.34. The van der Waals surface area contributed by atoms with Crippen molar-refractivity contribution in [3.8, 4) is 0 Å². The lowest BCUT2D eigenvalue weighted by molar-refractivity contribution is -0.117. The molecular formula is C10H11F2N3O. The van der Waals surface area contributed by atoms with E-state index >= 15 is 0 Å². The molecule has 1 unspecified atom stereocenters. The molecule has 2 N–H and O–H groups in total. The van der Waals surface area contributed by atoms with Crippen LogP contribution in [0.25, 0.3) is 0 Å². The number of carbonyl (C=O) groups excluding carboxylic acids is 1. The molecule has 16 heavy (non-hydrogen) atoms. The molecule has 2 rings (SSSR count). The molecule has 1 aromatic heterocycles. The van der Waals surface area contributed by atoms with Crippen molar-refractivity contribution in [1.82, 2.24) is 10.3 Å². The quantitative estimate of drug-likeness (QED) is 0.742. The maximum atomic E-state index is 12.8. The molecule has 0 aliphatic carbocycles. The van der Waals surface area contributed by atoms with Crippen molar-refractivity contribution in [2.24, 2.45) is 0 Å². The van der Waals surface area contributed by atoms with Crippen LogP contribution < -0.4 is 10.6 Å². The van der Waals surface area contributed by atoms with E-state index in [1.807, 2.05) is 0 Å². The second-order valence-electron chi connectivity index (χ2n) is 3.63. The Bertz CT molecular complexity index is 385. The number of aromatic nitrogens is 1. The summed E-state index contributed by atoms with van der Waals surface area (Å²) >= 11 is 0. The van der Waals surface area contributed by atoms with Gasteiger partial charge in [-0.1, -0.05) is 0 Å². The number of amides is 1. The monoisotopic (exact) mass is 227 g/mol. The average molecular weight is 227 g/mol. The van der Waals surface area contributed by atoms with Crippen LogP contribution in [0.1, 0.15) is 12.8 Å². The fourth-order valence-corrected chi connectivity index (χ4v) is 1.65. The van der Waals surface area contributed by atoms with Gasteiger partial charge >= 0.3 is 0 Å². The summed E-state index contributed by atoms with van der Waals surface area (Å²) < 4.78 is 25.5. The van der Waals surface area contributed by atoms with E-state index in [2.05, 4.69) is 15.6 Å². The predicted molar refractivity (Wildman–Crippen MR) is 53.8 cm³/mol. The Kier molecular flexibility index (Phi) is 3.09. The minimum absolute atomic E-state index is 0.101. The minimum Gasteiger partial charge on any atom is -0.309 e. The average Bonchev–Trinajstić information content (AvgIpc) is 2.68. The van der Waals surface area contributed by atoms with Crippen LogP contribution in [-0.2, 0) is 4.79 Å². The third-order valence-corrected chi connectivity index (χ3v) is 2.39. The highest BCUT2D eigenvalue weighted by molar-refractivity contribution is 5.94. The maximum Gasteiger partial charge on any atom is 0.242 e. The van der Waals surface area contributed by atoms with E-state index in [1.54, 1.807) is 0 Å². The molecule has 0 aromatic carbocycles. The van der Waals surface area contributed by atoms with Crippen LogP contribution in [0.3, 0.4) is 0 Å².